The number of benzene rings is 1. The highest BCUT2D eigenvalue weighted by Gasteiger charge is 2.07. The van der Waals surface area contributed by atoms with Gasteiger partial charge in [-0.05, 0) is 30.3 Å². The number of anilines is 2. The van der Waals surface area contributed by atoms with E-state index < -0.39 is 5.95 Å². The maximum atomic E-state index is 12.7. The molecule has 0 spiro atoms. The number of nitrogens with zero attached hydrogens (tertiary/aromatic N) is 2. The summed E-state index contributed by atoms with van der Waals surface area (Å²) in [5.74, 6) is -0.922. The number of aromatic nitrogens is 1. The molecule has 1 N–H and O–H groups in total. The molecule has 1 amide bonds. The van der Waals surface area contributed by atoms with E-state index >= 15 is 0 Å². The minimum atomic E-state index is -0.605. The van der Waals surface area contributed by atoms with Crippen molar-refractivity contribution in [3.63, 3.8) is 0 Å². The van der Waals surface area contributed by atoms with Crippen molar-refractivity contribution in [2.24, 2.45) is 0 Å². The normalized spacial score (nSPS) is 10.1. The summed E-state index contributed by atoms with van der Waals surface area (Å²) in [4.78, 5) is 17.3. The van der Waals surface area contributed by atoms with Gasteiger partial charge in [-0.3, -0.25) is 4.79 Å². The van der Waals surface area contributed by atoms with Crippen LogP contribution in [0.3, 0.4) is 0 Å². The molecule has 0 saturated heterocycles. The van der Waals surface area contributed by atoms with Crippen LogP contribution < -0.4 is 10.2 Å². The molecule has 1 aromatic heterocycles. The van der Waals surface area contributed by atoms with Crippen LogP contribution in [0.2, 0.25) is 0 Å². The lowest BCUT2D eigenvalue weighted by Gasteiger charge is -2.14. The van der Waals surface area contributed by atoms with Gasteiger partial charge in [0.25, 0.3) is 5.91 Å². The molecule has 0 fully saturated rings. The summed E-state index contributed by atoms with van der Waals surface area (Å²) in [6.07, 6.45) is 1.21. The summed E-state index contributed by atoms with van der Waals surface area (Å²) in [6, 6.07) is 10.00. The molecule has 5 heteroatoms. The Morgan fingerprint density at radius 1 is 1.26 bits per heavy atom. The molecule has 0 aliphatic heterocycles. The van der Waals surface area contributed by atoms with Crippen LogP contribution >= 0.6 is 0 Å². The van der Waals surface area contributed by atoms with Gasteiger partial charge < -0.3 is 10.2 Å². The summed E-state index contributed by atoms with van der Waals surface area (Å²) >= 11 is 0. The lowest BCUT2D eigenvalue weighted by atomic mass is 10.2. The van der Waals surface area contributed by atoms with Crippen LogP contribution in [0.1, 0.15) is 10.4 Å². The SMILES string of the molecule is CN(C)c1cccc(NC(=O)c2ccc(F)nc2)c1. The largest absolute Gasteiger partial charge is 0.378 e. The molecule has 0 atom stereocenters. The fraction of sp³-hybridized carbons (Fsp3) is 0.143. The van der Waals surface area contributed by atoms with Crippen LogP contribution in [0, 0.1) is 5.95 Å². The van der Waals surface area contributed by atoms with Crippen molar-refractivity contribution in [1.29, 1.82) is 0 Å². The highest BCUT2D eigenvalue weighted by molar-refractivity contribution is 6.04. The molecule has 2 aromatic rings. The third kappa shape index (κ3) is 3.28. The number of hydrogen-bond acceptors (Lipinski definition) is 3. The van der Waals surface area contributed by atoms with Crippen LogP contribution in [0.15, 0.2) is 42.6 Å². The molecule has 0 radical (unpaired) electrons. The highest BCUT2D eigenvalue weighted by atomic mass is 19.1. The van der Waals surface area contributed by atoms with E-state index in [1.54, 1.807) is 6.07 Å². The van der Waals surface area contributed by atoms with Gasteiger partial charge in [-0.1, -0.05) is 6.07 Å². The Morgan fingerprint density at radius 3 is 2.68 bits per heavy atom. The first-order valence-electron chi connectivity index (χ1n) is 5.76. The van der Waals surface area contributed by atoms with E-state index in [0.29, 0.717) is 11.3 Å². The smallest absolute Gasteiger partial charge is 0.257 e. The van der Waals surface area contributed by atoms with Gasteiger partial charge in [0.15, 0.2) is 0 Å². The summed E-state index contributed by atoms with van der Waals surface area (Å²) in [5, 5.41) is 2.74. The van der Waals surface area contributed by atoms with Crippen molar-refractivity contribution in [3.8, 4) is 0 Å². The zero-order chi connectivity index (χ0) is 13.8. The average Bonchev–Trinajstić information content (AvgIpc) is 2.39. The standard InChI is InChI=1S/C14H14FN3O/c1-18(2)12-5-3-4-11(8-12)17-14(19)10-6-7-13(15)16-9-10/h3-9H,1-2H3,(H,17,19). The highest BCUT2D eigenvalue weighted by Crippen LogP contribution is 2.17. The van der Waals surface area contributed by atoms with E-state index in [-0.39, 0.29) is 5.91 Å². The molecule has 1 aromatic carbocycles. The van der Waals surface area contributed by atoms with E-state index in [9.17, 15) is 9.18 Å². The zero-order valence-electron chi connectivity index (χ0n) is 10.7. The van der Waals surface area contributed by atoms with Crippen molar-refractivity contribution < 1.29 is 9.18 Å². The van der Waals surface area contributed by atoms with Crippen LogP contribution in [0.25, 0.3) is 0 Å². The number of halogens is 1. The quantitative estimate of drug-likeness (QED) is 0.861. The average molecular weight is 259 g/mol. The summed E-state index contributed by atoms with van der Waals surface area (Å²) < 4.78 is 12.7. The van der Waals surface area contributed by atoms with E-state index in [1.807, 2.05) is 37.2 Å². The van der Waals surface area contributed by atoms with Crippen LogP contribution in [-0.2, 0) is 0 Å². The monoisotopic (exact) mass is 259 g/mol. The topological polar surface area (TPSA) is 45.2 Å². The number of pyridine rings is 1. The maximum Gasteiger partial charge on any atom is 0.257 e. The van der Waals surface area contributed by atoms with E-state index in [1.165, 1.54) is 12.3 Å². The Labute approximate surface area is 110 Å². The van der Waals surface area contributed by atoms with E-state index in [0.717, 1.165) is 11.8 Å². The second-order valence-electron chi connectivity index (χ2n) is 4.27. The molecule has 2 rings (SSSR count). The van der Waals surface area contributed by atoms with Gasteiger partial charge in [-0.25, -0.2) is 4.98 Å². The molecule has 0 bridgehead atoms. The van der Waals surface area contributed by atoms with Crippen LogP contribution in [-0.4, -0.2) is 25.0 Å². The Bertz CT molecular complexity index is 581. The predicted molar refractivity (Wildman–Crippen MR) is 72.9 cm³/mol. The number of nitrogens with one attached hydrogen (secondary N) is 1. The summed E-state index contributed by atoms with van der Waals surface area (Å²) in [7, 11) is 3.84. The number of carbonyl (C=O) groups excluding carboxylic acids is 1. The first-order chi connectivity index (χ1) is 9.06. The number of carbonyl (C=O) groups is 1. The Morgan fingerprint density at radius 2 is 2.05 bits per heavy atom. The third-order valence-electron chi connectivity index (χ3n) is 2.61. The van der Waals surface area contributed by atoms with Gasteiger partial charge >= 0.3 is 0 Å². The van der Waals surface area contributed by atoms with Gasteiger partial charge in [0.2, 0.25) is 5.95 Å². The number of rotatable bonds is 3. The van der Waals surface area contributed by atoms with E-state index in [4.69, 9.17) is 0 Å². The van der Waals surface area contributed by atoms with Gasteiger partial charge in [0.05, 0.1) is 5.56 Å². The van der Waals surface area contributed by atoms with Gasteiger partial charge in [-0.15, -0.1) is 0 Å². The molecule has 0 aliphatic carbocycles. The molecule has 4 nitrogen and oxygen atoms in total. The van der Waals surface area contributed by atoms with Crippen LogP contribution in [0.4, 0.5) is 15.8 Å². The molecule has 98 valence electrons. The van der Waals surface area contributed by atoms with Gasteiger partial charge in [-0.2, -0.15) is 4.39 Å². The summed E-state index contributed by atoms with van der Waals surface area (Å²) in [6.45, 7) is 0. The van der Waals surface area contributed by atoms with Crippen molar-refractivity contribution in [2.75, 3.05) is 24.3 Å². The predicted octanol–water partition coefficient (Wildman–Crippen LogP) is 2.54. The third-order valence-corrected chi connectivity index (χ3v) is 2.61. The lowest BCUT2D eigenvalue weighted by molar-refractivity contribution is 0.102. The second kappa shape index (κ2) is 5.48. The Kier molecular flexibility index (Phi) is 3.75. The van der Waals surface area contributed by atoms with Crippen molar-refractivity contribution >= 4 is 17.3 Å². The van der Waals surface area contributed by atoms with E-state index in [2.05, 4.69) is 10.3 Å². The fourth-order valence-electron chi connectivity index (χ4n) is 1.58. The molecular formula is C14H14FN3O. The molecule has 19 heavy (non-hydrogen) atoms. The van der Waals surface area contributed by atoms with Gasteiger partial charge in [0.1, 0.15) is 0 Å². The fourth-order valence-corrected chi connectivity index (χ4v) is 1.58. The lowest BCUT2D eigenvalue weighted by Crippen LogP contribution is -2.13. The van der Waals surface area contributed by atoms with Crippen molar-refractivity contribution in [3.05, 3.63) is 54.1 Å². The van der Waals surface area contributed by atoms with Crippen molar-refractivity contribution in [2.45, 2.75) is 0 Å². The molecule has 0 unspecified atom stereocenters. The second-order valence-corrected chi connectivity index (χ2v) is 4.27. The first-order valence-corrected chi connectivity index (χ1v) is 5.76. The van der Waals surface area contributed by atoms with Crippen molar-refractivity contribution in [1.82, 2.24) is 4.98 Å². The zero-order valence-corrected chi connectivity index (χ0v) is 10.7. The van der Waals surface area contributed by atoms with Gasteiger partial charge in [0, 0.05) is 31.7 Å². The minimum absolute atomic E-state index is 0.316. The molecule has 1 heterocycles. The number of hydrogen-bond donors (Lipinski definition) is 1. The number of amides is 1. The minimum Gasteiger partial charge on any atom is -0.378 e. The molecule has 0 aliphatic rings. The first kappa shape index (κ1) is 13.0. The Balaban J connectivity index is 2.14. The molecule has 0 saturated carbocycles. The molecular weight excluding hydrogens is 245 g/mol. The Hall–Kier alpha value is -2.43. The van der Waals surface area contributed by atoms with Crippen LogP contribution in [0.5, 0.6) is 0 Å². The maximum absolute atomic E-state index is 12.7. The summed E-state index contributed by atoms with van der Waals surface area (Å²) in [5.41, 5.74) is 1.98.